The first kappa shape index (κ1) is 16.8. The largest absolute Gasteiger partial charge is 0.294 e. The van der Waals surface area contributed by atoms with Crippen molar-refractivity contribution in [2.75, 3.05) is 7.05 Å². The molecule has 0 heterocycles. The van der Waals surface area contributed by atoms with Crippen molar-refractivity contribution in [3.8, 4) is 0 Å². The van der Waals surface area contributed by atoms with Crippen LogP contribution in [0.3, 0.4) is 0 Å². The number of rotatable bonds is 2. The van der Waals surface area contributed by atoms with Gasteiger partial charge < -0.3 is 0 Å². The number of fused-ring (bicyclic) bond motifs is 1. The maximum Gasteiger partial charge on any atom is 0.0595 e. The molecular formula is C20H23Cl2N. The van der Waals surface area contributed by atoms with Crippen molar-refractivity contribution in [2.24, 2.45) is 0 Å². The molecular weight excluding hydrogens is 325 g/mol. The predicted octanol–water partition coefficient (Wildman–Crippen LogP) is 6.30. The third-order valence-electron chi connectivity index (χ3n) is 5.06. The van der Waals surface area contributed by atoms with E-state index in [1.807, 2.05) is 12.1 Å². The molecule has 23 heavy (non-hydrogen) atoms. The van der Waals surface area contributed by atoms with E-state index in [1.54, 1.807) is 0 Å². The fraction of sp³-hybridized carbons (Fsp3) is 0.400. The minimum atomic E-state index is 0.129. The lowest BCUT2D eigenvalue weighted by Gasteiger charge is -2.37. The van der Waals surface area contributed by atoms with Gasteiger partial charge >= 0.3 is 0 Å². The van der Waals surface area contributed by atoms with Crippen LogP contribution in [-0.4, -0.2) is 17.5 Å². The van der Waals surface area contributed by atoms with Crippen LogP contribution in [0.15, 0.2) is 42.5 Å². The van der Waals surface area contributed by atoms with Gasteiger partial charge in [0.05, 0.1) is 10.0 Å². The van der Waals surface area contributed by atoms with E-state index in [9.17, 15) is 0 Å². The Bertz CT molecular complexity index is 718. The smallest absolute Gasteiger partial charge is 0.0595 e. The fourth-order valence-electron chi connectivity index (χ4n) is 3.49. The van der Waals surface area contributed by atoms with Crippen molar-refractivity contribution in [1.82, 2.24) is 4.90 Å². The summed E-state index contributed by atoms with van der Waals surface area (Å²) >= 11 is 12.3. The number of hydrogen-bond donors (Lipinski definition) is 0. The van der Waals surface area contributed by atoms with Gasteiger partial charge in [-0.15, -0.1) is 0 Å². The monoisotopic (exact) mass is 347 g/mol. The average molecular weight is 348 g/mol. The second kappa shape index (κ2) is 6.12. The molecule has 0 radical (unpaired) electrons. The number of hydrogen-bond acceptors (Lipinski definition) is 1. The first-order valence-corrected chi connectivity index (χ1v) is 8.81. The Kier molecular flexibility index (Phi) is 4.48. The second-order valence-electron chi connectivity index (χ2n) is 7.39. The molecule has 0 aromatic heterocycles. The van der Waals surface area contributed by atoms with Crippen LogP contribution in [0.5, 0.6) is 0 Å². The van der Waals surface area contributed by atoms with Gasteiger partial charge in [0, 0.05) is 17.5 Å². The Morgan fingerprint density at radius 2 is 1.61 bits per heavy atom. The van der Waals surface area contributed by atoms with Crippen molar-refractivity contribution in [2.45, 2.75) is 44.7 Å². The van der Waals surface area contributed by atoms with E-state index in [1.165, 1.54) is 16.7 Å². The topological polar surface area (TPSA) is 3.24 Å². The summed E-state index contributed by atoms with van der Waals surface area (Å²) in [5, 5.41) is 1.25. The fourth-order valence-corrected chi connectivity index (χ4v) is 3.79. The van der Waals surface area contributed by atoms with Crippen LogP contribution in [-0.2, 0) is 0 Å². The van der Waals surface area contributed by atoms with Crippen molar-refractivity contribution >= 4 is 23.2 Å². The summed E-state index contributed by atoms with van der Waals surface area (Å²) in [5.74, 6) is 0.371. The van der Waals surface area contributed by atoms with Crippen LogP contribution < -0.4 is 0 Å². The van der Waals surface area contributed by atoms with E-state index in [-0.39, 0.29) is 5.54 Å². The summed E-state index contributed by atoms with van der Waals surface area (Å²) in [4.78, 5) is 2.48. The van der Waals surface area contributed by atoms with Crippen molar-refractivity contribution in [3.05, 3.63) is 69.2 Å². The summed E-state index contributed by atoms with van der Waals surface area (Å²) in [6.45, 7) is 6.80. The first-order chi connectivity index (χ1) is 10.8. The third-order valence-corrected chi connectivity index (χ3v) is 5.80. The normalized spacial score (nSPS) is 20.8. The van der Waals surface area contributed by atoms with Crippen molar-refractivity contribution < 1.29 is 0 Å². The van der Waals surface area contributed by atoms with Gasteiger partial charge in [-0.1, -0.05) is 53.5 Å². The molecule has 0 N–H and O–H groups in total. The highest BCUT2D eigenvalue weighted by molar-refractivity contribution is 6.42. The maximum absolute atomic E-state index is 6.25. The van der Waals surface area contributed by atoms with Crippen molar-refractivity contribution in [1.29, 1.82) is 0 Å². The molecule has 1 aliphatic carbocycles. The molecule has 0 aliphatic heterocycles. The molecule has 0 unspecified atom stereocenters. The quantitative estimate of drug-likeness (QED) is 0.615. The van der Waals surface area contributed by atoms with Crippen LogP contribution in [0.1, 0.15) is 55.8 Å². The zero-order chi connectivity index (χ0) is 16.8. The predicted molar refractivity (Wildman–Crippen MR) is 99.6 cm³/mol. The molecule has 0 bridgehead atoms. The van der Waals surface area contributed by atoms with Gasteiger partial charge in [0.25, 0.3) is 0 Å². The highest BCUT2D eigenvalue weighted by Crippen LogP contribution is 2.48. The third kappa shape index (κ3) is 3.15. The van der Waals surface area contributed by atoms with Gasteiger partial charge in [0.2, 0.25) is 0 Å². The molecule has 0 fully saturated rings. The molecule has 3 rings (SSSR count). The molecule has 1 aliphatic rings. The number of benzene rings is 2. The first-order valence-electron chi connectivity index (χ1n) is 8.05. The van der Waals surface area contributed by atoms with E-state index in [4.69, 9.17) is 23.2 Å². The number of nitrogens with zero attached hydrogens (tertiary/aromatic N) is 1. The zero-order valence-corrected chi connectivity index (χ0v) is 15.6. The highest BCUT2D eigenvalue weighted by Gasteiger charge is 2.37. The molecule has 0 amide bonds. The van der Waals surface area contributed by atoms with Crippen molar-refractivity contribution in [3.63, 3.8) is 0 Å². The zero-order valence-electron chi connectivity index (χ0n) is 14.1. The van der Waals surface area contributed by atoms with E-state index < -0.39 is 0 Å². The van der Waals surface area contributed by atoms with E-state index in [0.29, 0.717) is 22.0 Å². The summed E-state index contributed by atoms with van der Waals surface area (Å²) in [6, 6.07) is 15.2. The Balaban J connectivity index is 2.03. The van der Waals surface area contributed by atoms with Crippen LogP contribution in [0, 0.1) is 0 Å². The summed E-state index contributed by atoms with van der Waals surface area (Å²) < 4.78 is 0. The van der Waals surface area contributed by atoms with Crippen LogP contribution in [0.25, 0.3) is 0 Å². The minimum absolute atomic E-state index is 0.129. The standard InChI is InChI=1S/C20H23Cl2N/c1-20(2,3)23(4)19-12-16(14-7-5-6-8-15(14)19)13-9-10-17(21)18(22)11-13/h5-11,16,19H,12H2,1-4H3/t16-,19-/m1/s1. The summed E-state index contributed by atoms with van der Waals surface area (Å²) in [7, 11) is 2.22. The van der Waals surface area contributed by atoms with Gasteiger partial charge in [-0.3, -0.25) is 4.90 Å². The minimum Gasteiger partial charge on any atom is -0.294 e. The van der Waals surface area contributed by atoms with E-state index >= 15 is 0 Å². The Morgan fingerprint density at radius 1 is 0.957 bits per heavy atom. The lowest BCUT2D eigenvalue weighted by atomic mass is 9.93. The molecule has 0 saturated carbocycles. The summed E-state index contributed by atoms with van der Waals surface area (Å²) in [6.07, 6.45) is 1.07. The van der Waals surface area contributed by atoms with Gasteiger partial charge in [0.15, 0.2) is 0 Å². The SMILES string of the molecule is CN([C@@H]1C[C@H](c2ccc(Cl)c(Cl)c2)c2ccccc21)C(C)(C)C. The maximum atomic E-state index is 6.25. The Labute approximate surface area is 149 Å². The molecule has 2 aromatic rings. The van der Waals surface area contributed by atoms with Crippen LogP contribution >= 0.6 is 23.2 Å². The molecule has 2 atom stereocenters. The van der Waals surface area contributed by atoms with Gasteiger partial charge in [-0.05, 0) is 63.1 Å². The van der Waals surface area contributed by atoms with E-state index in [2.05, 4.69) is 63.1 Å². The Hall–Kier alpha value is -1.02. The molecule has 0 spiro atoms. The second-order valence-corrected chi connectivity index (χ2v) is 8.20. The summed E-state index contributed by atoms with van der Waals surface area (Å²) in [5.41, 5.74) is 4.22. The van der Waals surface area contributed by atoms with Gasteiger partial charge in [0.1, 0.15) is 0 Å². The van der Waals surface area contributed by atoms with Gasteiger partial charge in [-0.2, -0.15) is 0 Å². The van der Waals surface area contributed by atoms with Crippen LogP contribution in [0.4, 0.5) is 0 Å². The molecule has 0 saturated heterocycles. The van der Waals surface area contributed by atoms with Crippen LogP contribution in [0.2, 0.25) is 10.0 Å². The molecule has 122 valence electrons. The highest BCUT2D eigenvalue weighted by atomic mass is 35.5. The molecule has 3 heteroatoms. The van der Waals surface area contributed by atoms with E-state index in [0.717, 1.165) is 6.42 Å². The lowest BCUT2D eigenvalue weighted by Crippen LogP contribution is -2.40. The Morgan fingerprint density at radius 3 is 2.22 bits per heavy atom. The lowest BCUT2D eigenvalue weighted by molar-refractivity contribution is 0.115. The molecule has 2 aromatic carbocycles. The number of halogens is 2. The average Bonchev–Trinajstić information content (AvgIpc) is 2.88. The molecule has 1 nitrogen and oxygen atoms in total. The van der Waals surface area contributed by atoms with Gasteiger partial charge in [-0.25, -0.2) is 0 Å².